The van der Waals surface area contributed by atoms with Crippen LogP contribution in [0.5, 0.6) is 0 Å². The van der Waals surface area contributed by atoms with Crippen LogP contribution in [0.3, 0.4) is 0 Å². The molecule has 4 nitrogen and oxygen atoms in total. The van der Waals surface area contributed by atoms with Crippen molar-refractivity contribution in [2.75, 3.05) is 19.6 Å². The number of piperidine rings is 1. The van der Waals surface area contributed by atoms with Gasteiger partial charge in [-0.1, -0.05) is 29.8 Å². The minimum Gasteiger partial charge on any atom is -0.370 e. The maximum atomic E-state index is 11.0. The van der Waals surface area contributed by atoms with Crippen LogP contribution in [-0.4, -0.2) is 30.4 Å². The predicted molar refractivity (Wildman–Crippen MR) is 81.1 cm³/mol. The van der Waals surface area contributed by atoms with E-state index in [-0.39, 0.29) is 11.9 Å². The minimum absolute atomic E-state index is 0.183. The summed E-state index contributed by atoms with van der Waals surface area (Å²) in [6.07, 6.45) is 2.59. The first-order valence-corrected chi connectivity index (χ1v) is 7.39. The van der Waals surface area contributed by atoms with Gasteiger partial charge in [-0.15, -0.1) is 0 Å². The number of likely N-dealkylation sites (tertiary alicyclic amines) is 1. The number of carbonyl (C=O) groups excluding carboxylic acids is 1. The third-order valence-electron chi connectivity index (χ3n) is 4.27. The van der Waals surface area contributed by atoms with Crippen molar-refractivity contribution in [1.29, 1.82) is 0 Å². The molecule has 4 heteroatoms. The molecule has 2 rings (SSSR count). The van der Waals surface area contributed by atoms with Gasteiger partial charge in [0.1, 0.15) is 0 Å². The third kappa shape index (κ3) is 3.81. The van der Waals surface area contributed by atoms with Crippen LogP contribution in [0.15, 0.2) is 24.3 Å². The molecule has 0 spiro atoms. The number of hydrogen-bond donors (Lipinski definition) is 2. The van der Waals surface area contributed by atoms with Gasteiger partial charge in [0, 0.05) is 19.0 Å². The van der Waals surface area contributed by atoms with E-state index in [2.05, 4.69) is 36.1 Å². The van der Waals surface area contributed by atoms with Crippen LogP contribution in [0.4, 0.5) is 0 Å². The lowest BCUT2D eigenvalue weighted by Crippen LogP contribution is -2.40. The van der Waals surface area contributed by atoms with Gasteiger partial charge < -0.3 is 11.5 Å². The molecule has 110 valence electrons. The van der Waals surface area contributed by atoms with Crippen molar-refractivity contribution in [2.45, 2.75) is 32.2 Å². The molecule has 1 saturated heterocycles. The fourth-order valence-electron chi connectivity index (χ4n) is 3.04. The number of nitrogens with two attached hydrogens (primary N) is 2. The van der Waals surface area contributed by atoms with Crippen LogP contribution in [-0.2, 0) is 4.79 Å². The van der Waals surface area contributed by atoms with E-state index >= 15 is 0 Å². The first kappa shape index (κ1) is 15.0. The second-order valence-corrected chi connectivity index (χ2v) is 5.81. The highest BCUT2D eigenvalue weighted by molar-refractivity contribution is 5.73. The summed E-state index contributed by atoms with van der Waals surface area (Å²) in [5.74, 6) is 0.262. The normalized spacial score (nSPS) is 18.9. The summed E-state index contributed by atoms with van der Waals surface area (Å²) in [5.41, 5.74) is 13.8. The Labute approximate surface area is 121 Å². The zero-order chi connectivity index (χ0) is 14.5. The number of hydrogen-bond acceptors (Lipinski definition) is 3. The van der Waals surface area contributed by atoms with Crippen LogP contribution in [0.25, 0.3) is 0 Å². The molecular formula is C16H25N3O. The molecule has 20 heavy (non-hydrogen) atoms. The van der Waals surface area contributed by atoms with Crippen molar-refractivity contribution in [2.24, 2.45) is 17.4 Å². The Balaban J connectivity index is 1.96. The number of nitrogens with zero attached hydrogens (tertiary/aromatic N) is 1. The zero-order valence-corrected chi connectivity index (χ0v) is 12.2. The van der Waals surface area contributed by atoms with Gasteiger partial charge in [-0.05, 0) is 44.3 Å². The van der Waals surface area contributed by atoms with Gasteiger partial charge in [-0.3, -0.25) is 9.69 Å². The third-order valence-corrected chi connectivity index (χ3v) is 4.27. The lowest BCUT2D eigenvalue weighted by Gasteiger charge is -2.37. The Morgan fingerprint density at radius 2 is 1.90 bits per heavy atom. The molecule has 1 atom stereocenters. The van der Waals surface area contributed by atoms with Crippen molar-refractivity contribution < 1.29 is 4.79 Å². The number of rotatable bonds is 5. The second-order valence-electron chi connectivity index (χ2n) is 5.81. The van der Waals surface area contributed by atoms with Gasteiger partial charge in [-0.25, -0.2) is 0 Å². The molecule has 0 bridgehead atoms. The van der Waals surface area contributed by atoms with Gasteiger partial charge in [0.25, 0.3) is 0 Å². The van der Waals surface area contributed by atoms with Gasteiger partial charge in [0.2, 0.25) is 5.91 Å². The maximum Gasteiger partial charge on any atom is 0.217 e. The van der Waals surface area contributed by atoms with Crippen LogP contribution in [0, 0.1) is 12.8 Å². The molecule has 1 amide bonds. The second kappa shape index (κ2) is 6.86. The van der Waals surface area contributed by atoms with E-state index in [1.54, 1.807) is 0 Å². The van der Waals surface area contributed by atoms with Crippen molar-refractivity contribution in [1.82, 2.24) is 4.90 Å². The van der Waals surface area contributed by atoms with E-state index in [0.29, 0.717) is 18.9 Å². The summed E-state index contributed by atoms with van der Waals surface area (Å²) in [6, 6.07) is 8.89. The molecule has 4 N–H and O–H groups in total. The number of benzene rings is 1. The van der Waals surface area contributed by atoms with Crippen LogP contribution < -0.4 is 11.5 Å². The smallest absolute Gasteiger partial charge is 0.217 e. The highest BCUT2D eigenvalue weighted by Gasteiger charge is 2.25. The number of aryl methyl sites for hydroxylation is 1. The fourth-order valence-corrected chi connectivity index (χ4v) is 3.04. The standard InChI is InChI=1S/C16H25N3O/c1-12-2-4-14(5-3-12)15(11-17)19-8-6-13(7-9-19)10-16(18)20/h2-5,13,15H,6-11,17H2,1H3,(H2,18,20). The van der Waals surface area contributed by atoms with Crippen molar-refractivity contribution >= 4 is 5.91 Å². The molecule has 1 aliphatic rings. The summed E-state index contributed by atoms with van der Waals surface area (Å²) in [6.45, 7) is 4.71. The Morgan fingerprint density at radius 1 is 1.30 bits per heavy atom. The molecular weight excluding hydrogens is 250 g/mol. The zero-order valence-electron chi connectivity index (χ0n) is 12.2. The van der Waals surface area contributed by atoms with E-state index in [9.17, 15) is 4.79 Å². The summed E-state index contributed by atoms with van der Waals surface area (Å²) < 4.78 is 0. The lowest BCUT2D eigenvalue weighted by molar-refractivity contribution is -0.119. The summed E-state index contributed by atoms with van der Waals surface area (Å²) >= 11 is 0. The summed E-state index contributed by atoms with van der Waals surface area (Å²) in [5, 5.41) is 0. The molecule has 0 saturated carbocycles. The monoisotopic (exact) mass is 275 g/mol. The average molecular weight is 275 g/mol. The van der Waals surface area contributed by atoms with E-state index in [1.165, 1.54) is 11.1 Å². The van der Waals surface area contributed by atoms with Crippen LogP contribution in [0.2, 0.25) is 0 Å². The first-order valence-electron chi connectivity index (χ1n) is 7.39. The minimum atomic E-state index is -0.183. The quantitative estimate of drug-likeness (QED) is 0.857. The highest BCUT2D eigenvalue weighted by atomic mass is 16.1. The fraction of sp³-hybridized carbons (Fsp3) is 0.562. The largest absolute Gasteiger partial charge is 0.370 e. The molecule has 1 unspecified atom stereocenters. The van der Waals surface area contributed by atoms with Gasteiger partial charge >= 0.3 is 0 Å². The summed E-state index contributed by atoms with van der Waals surface area (Å²) in [4.78, 5) is 13.4. The number of primary amides is 1. The molecule has 0 aliphatic carbocycles. The van der Waals surface area contributed by atoms with Crippen LogP contribution >= 0.6 is 0 Å². The van der Waals surface area contributed by atoms with Crippen molar-refractivity contribution in [3.8, 4) is 0 Å². The van der Waals surface area contributed by atoms with E-state index in [1.807, 2.05) is 0 Å². The molecule has 0 aromatic heterocycles. The van der Waals surface area contributed by atoms with Crippen molar-refractivity contribution in [3.05, 3.63) is 35.4 Å². The van der Waals surface area contributed by atoms with Gasteiger partial charge in [0.05, 0.1) is 0 Å². The molecule has 1 heterocycles. The molecule has 1 aromatic rings. The lowest BCUT2D eigenvalue weighted by atomic mass is 9.91. The topological polar surface area (TPSA) is 72.3 Å². The summed E-state index contributed by atoms with van der Waals surface area (Å²) in [7, 11) is 0. The molecule has 1 aromatic carbocycles. The number of carbonyl (C=O) groups is 1. The average Bonchev–Trinajstić information content (AvgIpc) is 2.43. The van der Waals surface area contributed by atoms with E-state index in [0.717, 1.165) is 25.9 Å². The van der Waals surface area contributed by atoms with Gasteiger partial charge in [0.15, 0.2) is 0 Å². The highest BCUT2D eigenvalue weighted by Crippen LogP contribution is 2.27. The molecule has 0 radical (unpaired) electrons. The molecule has 1 aliphatic heterocycles. The SMILES string of the molecule is Cc1ccc(C(CN)N2CCC(CC(N)=O)CC2)cc1. The van der Waals surface area contributed by atoms with E-state index in [4.69, 9.17) is 11.5 Å². The Morgan fingerprint density at radius 3 is 2.40 bits per heavy atom. The van der Waals surface area contributed by atoms with Gasteiger partial charge in [-0.2, -0.15) is 0 Å². The Kier molecular flexibility index (Phi) is 5.15. The Hall–Kier alpha value is -1.39. The predicted octanol–water partition coefficient (Wildman–Crippen LogP) is 1.58. The maximum absolute atomic E-state index is 11.0. The molecule has 1 fully saturated rings. The van der Waals surface area contributed by atoms with Crippen molar-refractivity contribution in [3.63, 3.8) is 0 Å². The van der Waals surface area contributed by atoms with Crippen LogP contribution in [0.1, 0.15) is 36.4 Å². The first-order chi connectivity index (χ1) is 9.60. The Bertz CT molecular complexity index is 436. The number of amides is 1. The van der Waals surface area contributed by atoms with E-state index < -0.39 is 0 Å².